The van der Waals surface area contributed by atoms with Crippen molar-refractivity contribution in [1.29, 1.82) is 0 Å². The zero-order valence-electron chi connectivity index (χ0n) is 27.4. The summed E-state index contributed by atoms with van der Waals surface area (Å²) in [4.78, 5) is 25.8. The summed E-state index contributed by atoms with van der Waals surface area (Å²) in [7, 11) is 0. The molecule has 6 heteroatoms. The Labute approximate surface area is 252 Å². The summed E-state index contributed by atoms with van der Waals surface area (Å²) in [6, 6.07) is 5.50. The lowest BCUT2D eigenvalue weighted by Gasteiger charge is -2.16. The third kappa shape index (κ3) is 18.7. The van der Waals surface area contributed by atoms with Crippen LogP contribution in [0.15, 0.2) is 18.2 Å². The molecule has 41 heavy (non-hydrogen) atoms. The third-order valence-electron chi connectivity index (χ3n) is 6.93. The van der Waals surface area contributed by atoms with Crippen LogP contribution >= 0.6 is 0 Å². The highest BCUT2D eigenvalue weighted by atomic mass is 16.7. The maximum atomic E-state index is 12.9. The summed E-state index contributed by atoms with van der Waals surface area (Å²) in [6.45, 7) is 13.3. The number of hydrogen-bond acceptors (Lipinski definition) is 6. The second-order valence-corrected chi connectivity index (χ2v) is 10.2. The van der Waals surface area contributed by atoms with E-state index >= 15 is 0 Å². The summed E-state index contributed by atoms with van der Waals surface area (Å²) in [5, 5.41) is 0. The van der Waals surface area contributed by atoms with E-state index in [-0.39, 0.29) is 13.2 Å². The van der Waals surface area contributed by atoms with E-state index in [4.69, 9.17) is 18.9 Å². The van der Waals surface area contributed by atoms with Gasteiger partial charge in [-0.15, -0.1) is 0 Å². The zero-order chi connectivity index (χ0) is 30.6. The summed E-state index contributed by atoms with van der Waals surface area (Å²) < 4.78 is 21.9. The summed E-state index contributed by atoms with van der Waals surface area (Å²) >= 11 is 0. The molecule has 1 aromatic carbocycles. The molecule has 0 aromatic heterocycles. The quantitative estimate of drug-likeness (QED) is 0.0774. The molecule has 1 aromatic rings. The number of carbonyl (C=O) groups excluding carboxylic acids is 2. The minimum absolute atomic E-state index is 0.184. The van der Waals surface area contributed by atoms with Gasteiger partial charge in [-0.25, -0.2) is 0 Å². The summed E-state index contributed by atoms with van der Waals surface area (Å²) in [5.74, 6) is -0.655. The van der Waals surface area contributed by atoms with Gasteiger partial charge in [0, 0.05) is 0 Å². The maximum Gasteiger partial charge on any atom is 0.320 e. The van der Waals surface area contributed by atoms with E-state index in [0.29, 0.717) is 24.7 Å². The van der Waals surface area contributed by atoms with Crippen LogP contribution in [0.3, 0.4) is 0 Å². The minimum Gasteiger partial charge on any atom is -0.465 e. The lowest BCUT2D eigenvalue weighted by Crippen LogP contribution is -2.30. The Bertz CT molecular complexity index is 729. The molecule has 1 aliphatic heterocycles. The predicted molar refractivity (Wildman–Crippen MR) is 170 cm³/mol. The highest BCUT2D eigenvalue weighted by Gasteiger charge is 2.30. The van der Waals surface area contributed by atoms with Crippen molar-refractivity contribution in [3.8, 4) is 11.5 Å². The van der Waals surface area contributed by atoms with Gasteiger partial charge in [0.25, 0.3) is 0 Å². The maximum absolute atomic E-state index is 12.9. The number of benzene rings is 1. The fourth-order valence-electron chi connectivity index (χ4n) is 4.59. The van der Waals surface area contributed by atoms with E-state index in [1.54, 1.807) is 0 Å². The van der Waals surface area contributed by atoms with E-state index in [9.17, 15) is 9.59 Å². The largest absolute Gasteiger partial charge is 0.465 e. The molecule has 1 aliphatic rings. The van der Waals surface area contributed by atoms with Gasteiger partial charge >= 0.3 is 11.9 Å². The van der Waals surface area contributed by atoms with Crippen LogP contribution in [0, 0.1) is 5.92 Å². The molecule has 2 rings (SSSR count). The van der Waals surface area contributed by atoms with Gasteiger partial charge in [0.15, 0.2) is 17.4 Å². The van der Waals surface area contributed by atoms with Crippen LogP contribution in [0.5, 0.6) is 11.5 Å². The van der Waals surface area contributed by atoms with Crippen LogP contribution in [0.4, 0.5) is 0 Å². The van der Waals surface area contributed by atoms with E-state index in [1.807, 2.05) is 45.9 Å². The molecule has 0 N–H and O–H groups in total. The Balaban J connectivity index is 0.00000382. The van der Waals surface area contributed by atoms with Gasteiger partial charge in [0.05, 0.1) is 13.2 Å². The van der Waals surface area contributed by atoms with Gasteiger partial charge in [-0.05, 0) is 37.0 Å². The van der Waals surface area contributed by atoms with Gasteiger partial charge in [-0.1, -0.05) is 138 Å². The Morgan fingerprint density at radius 1 is 0.634 bits per heavy atom. The standard InChI is InChI=1S/C31H50O6.2C2H6/c1-3-5-7-9-11-13-15-17-21-34-30(32)27(23-26-19-20-28-29(24-26)37-25-36-28)31(33)35-22-18-16-14-12-10-8-6-4-2;2*1-2/h19-20,24,27H,3-18,21-23,25H2,1-2H3;2*1-2H3. The van der Waals surface area contributed by atoms with E-state index in [2.05, 4.69) is 13.8 Å². The lowest BCUT2D eigenvalue weighted by molar-refractivity contribution is -0.162. The fourth-order valence-corrected chi connectivity index (χ4v) is 4.59. The molecule has 0 spiro atoms. The molecule has 6 nitrogen and oxygen atoms in total. The van der Waals surface area contributed by atoms with Gasteiger partial charge in [0.2, 0.25) is 6.79 Å². The number of unbranched alkanes of at least 4 members (excludes halogenated alkanes) is 14. The predicted octanol–water partition coefficient (Wildman–Crippen LogP) is 9.99. The Hall–Kier alpha value is -2.24. The van der Waals surface area contributed by atoms with Crippen LogP contribution in [0.25, 0.3) is 0 Å². The lowest BCUT2D eigenvalue weighted by atomic mass is 9.99. The normalized spacial score (nSPS) is 11.3. The first kappa shape index (κ1) is 38.8. The zero-order valence-corrected chi connectivity index (χ0v) is 27.4. The van der Waals surface area contributed by atoms with Crippen LogP contribution in [-0.4, -0.2) is 31.9 Å². The monoisotopic (exact) mass is 578 g/mol. The number of fused-ring (bicyclic) bond motifs is 1. The highest BCUT2D eigenvalue weighted by molar-refractivity contribution is 5.95. The number of esters is 2. The molecule has 0 aliphatic carbocycles. The molecule has 0 amide bonds. The van der Waals surface area contributed by atoms with Gasteiger partial charge < -0.3 is 18.9 Å². The fraction of sp³-hybridized carbons (Fsp3) is 0.771. The Kier molecular flexibility index (Phi) is 26.4. The van der Waals surface area contributed by atoms with Crippen molar-refractivity contribution in [3.63, 3.8) is 0 Å². The van der Waals surface area contributed by atoms with Crippen LogP contribution in [-0.2, 0) is 25.5 Å². The van der Waals surface area contributed by atoms with Gasteiger partial charge in [0.1, 0.15) is 0 Å². The molecule has 238 valence electrons. The van der Waals surface area contributed by atoms with Crippen molar-refractivity contribution in [3.05, 3.63) is 23.8 Å². The first-order valence-electron chi connectivity index (χ1n) is 16.9. The van der Waals surface area contributed by atoms with Crippen molar-refractivity contribution in [2.45, 2.75) is 151 Å². The van der Waals surface area contributed by atoms with Crippen LogP contribution in [0.2, 0.25) is 0 Å². The van der Waals surface area contributed by atoms with Gasteiger partial charge in [-0.3, -0.25) is 9.59 Å². The van der Waals surface area contributed by atoms with Crippen LogP contribution < -0.4 is 9.47 Å². The number of carbonyl (C=O) groups is 2. The molecular weight excluding hydrogens is 516 g/mol. The van der Waals surface area contributed by atoms with E-state index < -0.39 is 17.9 Å². The second kappa shape index (κ2) is 27.9. The first-order valence-corrected chi connectivity index (χ1v) is 16.9. The topological polar surface area (TPSA) is 71.1 Å². The Morgan fingerprint density at radius 3 is 1.51 bits per heavy atom. The summed E-state index contributed by atoms with van der Waals surface area (Å²) in [5.41, 5.74) is 0.822. The average Bonchev–Trinajstić information content (AvgIpc) is 3.48. The summed E-state index contributed by atoms with van der Waals surface area (Å²) in [6.07, 6.45) is 19.0. The molecule has 0 saturated heterocycles. The van der Waals surface area contributed by atoms with E-state index in [0.717, 1.165) is 44.1 Å². The van der Waals surface area contributed by atoms with E-state index in [1.165, 1.54) is 64.2 Å². The Morgan fingerprint density at radius 2 is 1.05 bits per heavy atom. The third-order valence-corrected chi connectivity index (χ3v) is 6.93. The average molecular weight is 579 g/mol. The smallest absolute Gasteiger partial charge is 0.320 e. The van der Waals surface area contributed by atoms with Crippen molar-refractivity contribution >= 4 is 11.9 Å². The molecule has 1 heterocycles. The first-order chi connectivity index (χ1) is 20.2. The SMILES string of the molecule is CC.CC.CCCCCCCCCCOC(=O)C(Cc1ccc2c(c1)OCO2)C(=O)OCCCCCCCCCC. The number of ether oxygens (including phenoxy) is 4. The van der Waals surface area contributed by atoms with Crippen molar-refractivity contribution in [2.75, 3.05) is 20.0 Å². The minimum atomic E-state index is -0.969. The molecule has 0 fully saturated rings. The second-order valence-electron chi connectivity index (χ2n) is 10.2. The highest BCUT2D eigenvalue weighted by Crippen LogP contribution is 2.33. The van der Waals surface area contributed by atoms with Crippen LogP contribution in [0.1, 0.15) is 150 Å². The number of hydrogen-bond donors (Lipinski definition) is 0. The van der Waals surface area contributed by atoms with Gasteiger partial charge in [-0.2, -0.15) is 0 Å². The molecule has 0 atom stereocenters. The van der Waals surface area contributed by atoms with Crippen molar-refractivity contribution in [2.24, 2.45) is 5.92 Å². The van der Waals surface area contributed by atoms with Crippen molar-refractivity contribution < 1.29 is 28.5 Å². The molecule has 0 saturated carbocycles. The molecule has 0 unspecified atom stereocenters. The molecular formula is C35H62O6. The molecule has 0 bridgehead atoms. The molecule has 0 radical (unpaired) electrons. The number of rotatable bonds is 22. The van der Waals surface area contributed by atoms with Crippen molar-refractivity contribution in [1.82, 2.24) is 0 Å².